The maximum Gasteiger partial charge on any atom is 0.256 e. The van der Waals surface area contributed by atoms with Gasteiger partial charge in [0.15, 0.2) is 0 Å². The molecule has 5 heteroatoms. The molecule has 2 aliphatic rings. The molecule has 0 unspecified atom stereocenters. The molecule has 0 N–H and O–H groups in total. The summed E-state index contributed by atoms with van der Waals surface area (Å²) in [4.78, 5) is 28.8. The minimum Gasteiger partial charge on any atom is -0.339 e. The molecule has 0 aromatic heterocycles. The molecule has 4 rings (SSSR count). The number of benzene rings is 2. The first kappa shape index (κ1) is 19.4. The van der Waals surface area contributed by atoms with E-state index in [0.717, 1.165) is 24.9 Å². The van der Waals surface area contributed by atoms with Gasteiger partial charge in [0.1, 0.15) is 5.82 Å². The van der Waals surface area contributed by atoms with Crippen molar-refractivity contribution in [2.45, 2.75) is 19.3 Å². The lowest BCUT2D eigenvalue weighted by Crippen LogP contribution is -2.44. The average molecular weight is 392 g/mol. The van der Waals surface area contributed by atoms with Gasteiger partial charge in [0.05, 0.1) is 5.56 Å². The molecule has 2 aliphatic heterocycles. The maximum absolute atomic E-state index is 13.9. The molecular weight excluding hydrogens is 367 g/mol. The van der Waals surface area contributed by atoms with Gasteiger partial charge in [-0.25, -0.2) is 4.39 Å². The number of amides is 2. The zero-order valence-electron chi connectivity index (χ0n) is 16.4. The van der Waals surface area contributed by atoms with Crippen LogP contribution in [0.5, 0.6) is 0 Å². The van der Waals surface area contributed by atoms with Crippen LogP contribution in [-0.2, 0) is 4.79 Å². The van der Waals surface area contributed by atoms with Crippen molar-refractivity contribution in [3.8, 4) is 0 Å². The molecule has 0 atom stereocenters. The Balaban J connectivity index is 1.34. The summed E-state index contributed by atoms with van der Waals surface area (Å²) in [5, 5.41) is 0. The normalized spacial score (nSPS) is 18.7. The van der Waals surface area contributed by atoms with E-state index >= 15 is 0 Å². The second-order valence-corrected chi connectivity index (χ2v) is 8.04. The molecule has 150 valence electrons. The molecule has 4 nitrogen and oxygen atoms in total. The molecule has 2 amide bonds. The molecule has 0 bridgehead atoms. The minimum atomic E-state index is -0.481. The Morgan fingerprint density at radius 1 is 1.03 bits per heavy atom. The summed E-state index contributed by atoms with van der Waals surface area (Å²) in [7, 11) is 0. The van der Waals surface area contributed by atoms with Gasteiger partial charge in [-0.15, -0.1) is 0 Å². The van der Waals surface area contributed by atoms with Crippen LogP contribution in [0.4, 0.5) is 4.39 Å². The van der Waals surface area contributed by atoms with Crippen molar-refractivity contribution in [3.05, 3.63) is 77.6 Å². The van der Waals surface area contributed by atoms with Crippen LogP contribution in [0.25, 0.3) is 6.08 Å². The highest BCUT2D eigenvalue weighted by Crippen LogP contribution is 2.41. The highest BCUT2D eigenvalue weighted by Gasteiger charge is 2.45. The van der Waals surface area contributed by atoms with Crippen LogP contribution in [0.2, 0.25) is 0 Å². The van der Waals surface area contributed by atoms with E-state index < -0.39 is 5.82 Å². The molecule has 29 heavy (non-hydrogen) atoms. The lowest BCUT2D eigenvalue weighted by molar-refractivity contribution is -0.127. The molecule has 2 heterocycles. The molecule has 0 aliphatic carbocycles. The molecule has 1 spiro atoms. The van der Waals surface area contributed by atoms with Crippen molar-refractivity contribution in [1.82, 2.24) is 9.80 Å². The first-order valence-corrected chi connectivity index (χ1v) is 10.1. The second kappa shape index (κ2) is 8.19. The number of nitrogens with zero attached hydrogens (tertiary/aromatic N) is 2. The molecule has 0 saturated carbocycles. The zero-order chi connectivity index (χ0) is 20.3. The van der Waals surface area contributed by atoms with Gasteiger partial charge >= 0.3 is 0 Å². The third-order valence-electron chi connectivity index (χ3n) is 6.06. The van der Waals surface area contributed by atoms with Crippen LogP contribution < -0.4 is 0 Å². The lowest BCUT2D eigenvalue weighted by Gasteiger charge is -2.38. The summed E-state index contributed by atoms with van der Waals surface area (Å²) in [5.74, 6) is -0.563. The van der Waals surface area contributed by atoms with E-state index in [1.54, 1.807) is 17.0 Å². The van der Waals surface area contributed by atoms with E-state index in [2.05, 4.69) is 0 Å². The summed E-state index contributed by atoms with van der Waals surface area (Å²) in [5.41, 5.74) is 1.18. The van der Waals surface area contributed by atoms with E-state index in [9.17, 15) is 14.0 Å². The SMILES string of the molecule is O=C1CC2(CCN(C(=O)c3ccccc3F)CC2)CN1C/C=C/c1ccccc1. The van der Waals surface area contributed by atoms with Gasteiger partial charge in [-0.3, -0.25) is 9.59 Å². The van der Waals surface area contributed by atoms with Gasteiger partial charge in [-0.2, -0.15) is 0 Å². The van der Waals surface area contributed by atoms with Gasteiger partial charge in [0, 0.05) is 38.0 Å². The van der Waals surface area contributed by atoms with Gasteiger partial charge in [0.25, 0.3) is 5.91 Å². The predicted octanol–water partition coefficient (Wildman–Crippen LogP) is 3.99. The van der Waals surface area contributed by atoms with Crippen molar-refractivity contribution in [2.24, 2.45) is 5.41 Å². The van der Waals surface area contributed by atoms with Gasteiger partial charge in [0.2, 0.25) is 5.91 Å². The molecule has 2 saturated heterocycles. The third kappa shape index (κ3) is 4.24. The Morgan fingerprint density at radius 3 is 2.45 bits per heavy atom. The van der Waals surface area contributed by atoms with Crippen LogP contribution in [-0.4, -0.2) is 47.8 Å². The molecule has 0 radical (unpaired) electrons. The van der Waals surface area contributed by atoms with Crippen molar-refractivity contribution in [2.75, 3.05) is 26.2 Å². The van der Waals surface area contributed by atoms with Gasteiger partial charge in [-0.1, -0.05) is 54.6 Å². The Morgan fingerprint density at radius 2 is 1.72 bits per heavy atom. The summed E-state index contributed by atoms with van der Waals surface area (Å²) in [6, 6.07) is 16.1. The monoisotopic (exact) mass is 392 g/mol. The van der Waals surface area contributed by atoms with E-state index in [1.165, 1.54) is 12.1 Å². The Kier molecular flexibility index (Phi) is 5.47. The number of halogens is 1. The average Bonchev–Trinajstić information content (AvgIpc) is 3.04. The van der Waals surface area contributed by atoms with Gasteiger partial charge < -0.3 is 9.80 Å². The summed E-state index contributed by atoms with van der Waals surface area (Å²) < 4.78 is 13.9. The Hall–Kier alpha value is -2.95. The first-order valence-electron chi connectivity index (χ1n) is 10.1. The first-order chi connectivity index (χ1) is 14.1. The van der Waals surface area contributed by atoms with Crippen LogP contribution >= 0.6 is 0 Å². The minimum absolute atomic E-state index is 0.0658. The second-order valence-electron chi connectivity index (χ2n) is 8.04. The van der Waals surface area contributed by atoms with Crippen LogP contribution in [0.1, 0.15) is 35.2 Å². The van der Waals surface area contributed by atoms with Gasteiger partial charge in [-0.05, 0) is 30.5 Å². The topological polar surface area (TPSA) is 40.6 Å². The third-order valence-corrected chi connectivity index (χ3v) is 6.06. The predicted molar refractivity (Wildman–Crippen MR) is 111 cm³/mol. The summed E-state index contributed by atoms with van der Waals surface area (Å²) >= 11 is 0. The lowest BCUT2D eigenvalue weighted by atomic mass is 9.77. The number of carbonyl (C=O) groups is 2. The fraction of sp³-hybridized carbons (Fsp3) is 0.333. The van der Waals surface area contributed by atoms with Crippen molar-refractivity contribution in [3.63, 3.8) is 0 Å². The molecule has 2 aromatic rings. The highest BCUT2D eigenvalue weighted by atomic mass is 19.1. The summed E-state index contributed by atoms with van der Waals surface area (Å²) in [6.07, 6.45) is 6.15. The largest absolute Gasteiger partial charge is 0.339 e. The number of likely N-dealkylation sites (tertiary alicyclic amines) is 2. The highest BCUT2D eigenvalue weighted by molar-refractivity contribution is 5.94. The molecule has 2 aromatic carbocycles. The van der Waals surface area contributed by atoms with E-state index in [0.29, 0.717) is 26.1 Å². The zero-order valence-corrected chi connectivity index (χ0v) is 16.4. The standard InChI is InChI=1S/C24H25FN2O2/c25-21-11-5-4-10-20(21)23(29)26-15-12-24(13-16-26)17-22(28)27(18-24)14-6-9-19-7-2-1-3-8-19/h1-11H,12-18H2/b9-6+. The Bertz CT molecular complexity index is 917. The summed E-state index contributed by atoms with van der Waals surface area (Å²) in [6.45, 7) is 2.46. The van der Waals surface area contributed by atoms with Crippen molar-refractivity contribution < 1.29 is 14.0 Å². The van der Waals surface area contributed by atoms with Crippen LogP contribution in [0.15, 0.2) is 60.7 Å². The smallest absolute Gasteiger partial charge is 0.256 e. The fourth-order valence-electron chi connectivity index (χ4n) is 4.35. The number of rotatable bonds is 4. The fourth-order valence-corrected chi connectivity index (χ4v) is 4.35. The Labute approximate surface area is 170 Å². The van der Waals surface area contributed by atoms with Crippen LogP contribution in [0, 0.1) is 11.2 Å². The van der Waals surface area contributed by atoms with E-state index in [4.69, 9.17) is 0 Å². The van der Waals surface area contributed by atoms with Crippen LogP contribution in [0.3, 0.4) is 0 Å². The molecular formula is C24H25FN2O2. The number of piperidine rings is 1. The van der Waals surface area contributed by atoms with Crippen molar-refractivity contribution in [1.29, 1.82) is 0 Å². The molecule has 2 fully saturated rings. The van der Waals surface area contributed by atoms with Crippen molar-refractivity contribution >= 4 is 17.9 Å². The number of hydrogen-bond acceptors (Lipinski definition) is 2. The van der Waals surface area contributed by atoms with E-state index in [-0.39, 0.29) is 22.8 Å². The maximum atomic E-state index is 13.9. The number of carbonyl (C=O) groups excluding carboxylic acids is 2. The quantitative estimate of drug-likeness (QED) is 0.789. The van der Waals surface area contributed by atoms with E-state index in [1.807, 2.05) is 47.4 Å². The number of hydrogen-bond donors (Lipinski definition) is 0.